The number of nitrogens with zero attached hydrogens (tertiary/aromatic N) is 2. The van der Waals surface area contributed by atoms with E-state index in [4.69, 9.17) is 5.73 Å². The van der Waals surface area contributed by atoms with Crippen LogP contribution in [0.25, 0.3) is 0 Å². The minimum absolute atomic E-state index is 0.0000217. The fraction of sp³-hybridized carbons (Fsp3) is 0.727. The van der Waals surface area contributed by atoms with Crippen molar-refractivity contribution in [2.45, 2.75) is 50.9 Å². The number of alkyl halides is 1. The lowest BCUT2D eigenvalue weighted by Gasteiger charge is -2.20. The molecule has 1 fully saturated rings. The van der Waals surface area contributed by atoms with E-state index in [-0.39, 0.29) is 6.04 Å². The highest BCUT2D eigenvalue weighted by molar-refractivity contribution is 5.15. The summed E-state index contributed by atoms with van der Waals surface area (Å²) >= 11 is 0. The van der Waals surface area contributed by atoms with Gasteiger partial charge in [-0.15, -0.1) is 0 Å². The molecule has 4 heteroatoms. The Balaban J connectivity index is 2.24. The van der Waals surface area contributed by atoms with E-state index >= 15 is 0 Å². The molecular formula is C11H18FN3. The highest BCUT2D eigenvalue weighted by Crippen LogP contribution is 2.41. The Morgan fingerprint density at radius 2 is 2.53 bits per heavy atom. The van der Waals surface area contributed by atoms with Crippen molar-refractivity contribution in [1.82, 2.24) is 9.78 Å². The molecule has 0 bridgehead atoms. The molecule has 0 amide bonds. The predicted octanol–water partition coefficient (Wildman–Crippen LogP) is 1.97. The second-order valence-corrected chi connectivity index (χ2v) is 4.41. The molecule has 2 N–H and O–H groups in total. The van der Waals surface area contributed by atoms with Crippen LogP contribution in [-0.4, -0.2) is 15.8 Å². The summed E-state index contributed by atoms with van der Waals surface area (Å²) in [5.41, 5.74) is 5.23. The summed E-state index contributed by atoms with van der Waals surface area (Å²) in [6.07, 6.45) is 4.38. The van der Waals surface area contributed by atoms with Crippen LogP contribution in [-0.2, 0) is 12.2 Å². The van der Waals surface area contributed by atoms with Crippen LogP contribution in [0.4, 0.5) is 4.39 Å². The van der Waals surface area contributed by atoms with Gasteiger partial charge in [-0.05, 0) is 25.3 Å². The maximum Gasteiger partial charge on any atom is 0.153 e. The Morgan fingerprint density at radius 1 is 1.73 bits per heavy atom. The van der Waals surface area contributed by atoms with E-state index in [9.17, 15) is 4.39 Å². The Hall–Kier alpha value is -0.900. The Labute approximate surface area is 89.5 Å². The van der Waals surface area contributed by atoms with Crippen LogP contribution in [0.1, 0.15) is 38.3 Å². The van der Waals surface area contributed by atoms with Crippen LogP contribution in [0.5, 0.6) is 0 Å². The van der Waals surface area contributed by atoms with Crippen LogP contribution >= 0.6 is 0 Å². The smallest absolute Gasteiger partial charge is 0.153 e. The summed E-state index contributed by atoms with van der Waals surface area (Å²) in [6, 6.07) is 1.79. The van der Waals surface area contributed by atoms with Crippen molar-refractivity contribution in [2.75, 3.05) is 0 Å². The van der Waals surface area contributed by atoms with E-state index in [1.807, 2.05) is 0 Å². The van der Waals surface area contributed by atoms with Crippen LogP contribution in [0.15, 0.2) is 12.3 Å². The molecule has 0 aliphatic heterocycles. The maximum atomic E-state index is 14.6. The number of halogens is 1. The second-order valence-electron chi connectivity index (χ2n) is 4.41. The molecule has 3 nitrogen and oxygen atoms in total. The first-order chi connectivity index (χ1) is 7.15. The van der Waals surface area contributed by atoms with Crippen LogP contribution < -0.4 is 5.73 Å². The van der Waals surface area contributed by atoms with Crippen molar-refractivity contribution in [1.29, 1.82) is 0 Å². The fourth-order valence-electron chi connectivity index (χ4n) is 2.37. The van der Waals surface area contributed by atoms with Crippen molar-refractivity contribution in [3.63, 3.8) is 0 Å². The summed E-state index contributed by atoms with van der Waals surface area (Å²) < 4.78 is 16.3. The summed E-state index contributed by atoms with van der Waals surface area (Å²) in [6.45, 7) is 2.85. The highest BCUT2D eigenvalue weighted by Gasteiger charge is 2.41. The molecule has 0 saturated heterocycles. The first-order valence-corrected chi connectivity index (χ1v) is 5.62. The fourth-order valence-corrected chi connectivity index (χ4v) is 2.37. The van der Waals surface area contributed by atoms with Crippen LogP contribution in [0.2, 0.25) is 0 Å². The molecule has 2 unspecified atom stereocenters. The number of aryl methyl sites for hydroxylation is 1. The molecule has 1 heterocycles. The van der Waals surface area contributed by atoms with Gasteiger partial charge >= 0.3 is 0 Å². The zero-order chi connectivity index (χ0) is 10.9. The average molecular weight is 211 g/mol. The summed E-state index contributed by atoms with van der Waals surface area (Å²) in [4.78, 5) is 0. The number of hydrogen-bond donors (Lipinski definition) is 1. The maximum absolute atomic E-state index is 14.6. The van der Waals surface area contributed by atoms with Crippen molar-refractivity contribution >= 4 is 0 Å². The zero-order valence-corrected chi connectivity index (χ0v) is 9.12. The molecule has 1 aromatic heterocycles. The van der Waals surface area contributed by atoms with E-state index in [1.54, 1.807) is 16.9 Å². The largest absolute Gasteiger partial charge is 0.328 e. The van der Waals surface area contributed by atoms with Crippen LogP contribution in [0, 0.1) is 0 Å². The third-order valence-corrected chi connectivity index (χ3v) is 3.11. The number of aromatic nitrogens is 2. The zero-order valence-electron chi connectivity index (χ0n) is 9.12. The summed E-state index contributed by atoms with van der Waals surface area (Å²) in [5.74, 6) is 0. The van der Waals surface area contributed by atoms with Crippen molar-refractivity contribution in [3.05, 3.63) is 18.0 Å². The topological polar surface area (TPSA) is 43.8 Å². The van der Waals surface area contributed by atoms with Gasteiger partial charge in [0.2, 0.25) is 0 Å². The SMILES string of the molecule is CCCn1nccc1C1(F)CCC(N)C1. The van der Waals surface area contributed by atoms with E-state index in [1.165, 1.54) is 0 Å². The number of rotatable bonds is 3. The van der Waals surface area contributed by atoms with Crippen molar-refractivity contribution < 1.29 is 4.39 Å². The van der Waals surface area contributed by atoms with Gasteiger partial charge in [0.1, 0.15) is 0 Å². The lowest BCUT2D eigenvalue weighted by Crippen LogP contribution is -2.24. The minimum atomic E-state index is -1.24. The molecule has 0 spiro atoms. The molecule has 15 heavy (non-hydrogen) atoms. The summed E-state index contributed by atoms with van der Waals surface area (Å²) in [7, 11) is 0. The van der Waals surface area contributed by atoms with Gasteiger partial charge in [0.05, 0.1) is 5.69 Å². The first kappa shape index (κ1) is 10.6. The second kappa shape index (κ2) is 3.93. The van der Waals surface area contributed by atoms with Gasteiger partial charge in [-0.1, -0.05) is 6.92 Å². The predicted molar refractivity (Wildman–Crippen MR) is 57.1 cm³/mol. The molecule has 0 aromatic carbocycles. The Kier molecular flexibility index (Phi) is 2.78. The third-order valence-electron chi connectivity index (χ3n) is 3.11. The van der Waals surface area contributed by atoms with E-state index in [0.717, 1.165) is 19.4 Å². The van der Waals surface area contributed by atoms with E-state index in [0.29, 0.717) is 18.5 Å². The van der Waals surface area contributed by atoms with Crippen molar-refractivity contribution in [3.8, 4) is 0 Å². The normalized spacial score (nSPS) is 31.0. The molecule has 2 atom stereocenters. The van der Waals surface area contributed by atoms with Gasteiger partial charge in [0, 0.05) is 25.2 Å². The van der Waals surface area contributed by atoms with Gasteiger partial charge in [0.15, 0.2) is 5.67 Å². The first-order valence-electron chi connectivity index (χ1n) is 5.62. The summed E-state index contributed by atoms with van der Waals surface area (Å²) in [5, 5.41) is 4.16. The lowest BCUT2D eigenvalue weighted by molar-refractivity contribution is 0.157. The molecule has 1 aliphatic carbocycles. The van der Waals surface area contributed by atoms with E-state index in [2.05, 4.69) is 12.0 Å². The Morgan fingerprint density at radius 3 is 3.13 bits per heavy atom. The van der Waals surface area contributed by atoms with Crippen molar-refractivity contribution in [2.24, 2.45) is 5.73 Å². The third kappa shape index (κ3) is 1.91. The lowest BCUT2D eigenvalue weighted by atomic mass is 10.00. The number of nitrogens with two attached hydrogens (primary N) is 1. The quantitative estimate of drug-likeness (QED) is 0.830. The van der Waals surface area contributed by atoms with Crippen LogP contribution in [0.3, 0.4) is 0 Å². The molecule has 1 aromatic rings. The molecule has 2 rings (SSSR count). The number of hydrogen-bond acceptors (Lipinski definition) is 2. The Bertz CT molecular complexity index is 336. The van der Waals surface area contributed by atoms with E-state index < -0.39 is 5.67 Å². The molecule has 84 valence electrons. The molecule has 0 radical (unpaired) electrons. The highest BCUT2D eigenvalue weighted by atomic mass is 19.1. The van der Waals surface area contributed by atoms with Gasteiger partial charge in [-0.2, -0.15) is 5.10 Å². The van der Waals surface area contributed by atoms with Gasteiger partial charge in [-0.3, -0.25) is 4.68 Å². The molecule has 1 saturated carbocycles. The minimum Gasteiger partial charge on any atom is -0.328 e. The monoisotopic (exact) mass is 211 g/mol. The average Bonchev–Trinajstić information content (AvgIpc) is 2.75. The molecule has 1 aliphatic rings. The van der Waals surface area contributed by atoms with Gasteiger partial charge < -0.3 is 5.73 Å². The standard InChI is InChI=1S/C11H18FN3/c1-2-7-15-10(4-6-14-15)11(12)5-3-9(13)8-11/h4,6,9H,2-3,5,7-8,13H2,1H3. The van der Waals surface area contributed by atoms with Gasteiger partial charge in [0.25, 0.3) is 0 Å². The molecular weight excluding hydrogens is 193 g/mol. The van der Waals surface area contributed by atoms with Gasteiger partial charge in [-0.25, -0.2) is 4.39 Å².